The third-order valence-corrected chi connectivity index (χ3v) is 5.51. The second-order valence-corrected chi connectivity index (χ2v) is 8.15. The van der Waals surface area contributed by atoms with E-state index in [2.05, 4.69) is 26.1 Å². The number of rotatable bonds is 1. The molecule has 4 rings (SSSR count). The summed E-state index contributed by atoms with van der Waals surface area (Å²) < 4.78 is 0. The highest BCUT2D eigenvalue weighted by Crippen LogP contribution is 2.58. The van der Waals surface area contributed by atoms with Crippen molar-refractivity contribution in [2.75, 3.05) is 0 Å². The molecule has 3 aliphatic rings. The van der Waals surface area contributed by atoms with Gasteiger partial charge in [0.2, 0.25) is 11.8 Å². The summed E-state index contributed by atoms with van der Waals surface area (Å²) >= 11 is 0. The number of imide groups is 1. The standard InChI is InChI=1S/C19H22N2O3/c1-18(2,3)11-5-4-6-12-15(11)17(24)21(19(12)9-10-19)13-7-8-14(22)20-16(13)23/h4-6,13H,7-10H2,1-3H3,(H,20,22,23). The van der Waals surface area contributed by atoms with Gasteiger partial charge in [0.05, 0.1) is 5.54 Å². The minimum atomic E-state index is -0.544. The highest BCUT2D eigenvalue weighted by molar-refractivity contribution is 6.07. The van der Waals surface area contributed by atoms with Gasteiger partial charge in [0, 0.05) is 12.0 Å². The van der Waals surface area contributed by atoms with Crippen LogP contribution >= 0.6 is 0 Å². The number of nitrogens with one attached hydrogen (secondary N) is 1. The minimum absolute atomic E-state index is 0.0532. The van der Waals surface area contributed by atoms with E-state index in [1.165, 1.54) is 0 Å². The summed E-state index contributed by atoms with van der Waals surface area (Å²) in [5.74, 6) is -0.640. The maximum absolute atomic E-state index is 13.3. The van der Waals surface area contributed by atoms with Crippen LogP contribution in [0, 0.1) is 0 Å². The lowest BCUT2D eigenvalue weighted by atomic mass is 9.82. The lowest BCUT2D eigenvalue weighted by Gasteiger charge is -2.34. The molecule has 1 aromatic carbocycles. The summed E-state index contributed by atoms with van der Waals surface area (Å²) in [6.45, 7) is 6.30. The van der Waals surface area contributed by atoms with Crippen LogP contribution in [0.2, 0.25) is 0 Å². The van der Waals surface area contributed by atoms with Crippen LogP contribution in [0.3, 0.4) is 0 Å². The van der Waals surface area contributed by atoms with Crippen molar-refractivity contribution in [3.05, 3.63) is 34.9 Å². The molecule has 126 valence electrons. The summed E-state index contributed by atoms with van der Waals surface area (Å²) in [4.78, 5) is 38.9. The molecule has 5 heteroatoms. The average molecular weight is 326 g/mol. The van der Waals surface area contributed by atoms with Gasteiger partial charge in [0.15, 0.2) is 0 Å². The summed E-state index contributed by atoms with van der Waals surface area (Å²) in [5.41, 5.74) is 2.39. The SMILES string of the molecule is CC(C)(C)c1cccc2c1C(=O)N(C1CCC(=O)NC1=O)C21CC1. The smallest absolute Gasteiger partial charge is 0.255 e. The van der Waals surface area contributed by atoms with E-state index in [1.807, 2.05) is 18.2 Å². The number of nitrogens with zero attached hydrogens (tertiary/aromatic N) is 1. The molecule has 1 N–H and O–H groups in total. The molecule has 0 radical (unpaired) electrons. The van der Waals surface area contributed by atoms with Crippen LogP contribution in [0.25, 0.3) is 0 Å². The molecule has 0 aromatic heterocycles. The maximum Gasteiger partial charge on any atom is 0.255 e. The first-order valence-corrected chi connectivity index (χ1v) is 8.57. The monoisotopic (exact) mass is 326 g/mol. The van der Waals surface area contributed by atoms with E-state index in [4.69, 9.17) is 0 Å². The van der Waals surface area contributed by atoms with Crippen LogP contribution in [-0.4, -0.2) is 28.7 Å². The van der Waals surface area contributed by atoms with Crippen LogP contribution in [-0.2, 0) is 20.5 Å². The van der Waals surface area contributed by atoms with E-state index in [0.29, 0.717) is 12.8 Å². The maximum atomic E-state index is 13.3. The number of fused-ring (bicyclic) bond motifs is 2. The number of hydrogen-bond donors (Lipinski definition) is 1. The van der Waals surface area contributed by atoms with Gasteiger partial charge in [-0.25, -0.2) is 0 Å². The molecule has 3 amide bonds. The molecule has 2 aliphatic heterocycles. The molecule has 1 aliphatic carbocycles. The average Bonchev–Trinajstić information content (AvgIpc) is 3.25. The Hall–Kier alpha value is -2.17. The third-order valence-electron chi connectivity index (χ3n) is 5.51. The Balaban J connectivity index is 1.82. The number of hydrogen-bond acceptors (Lipinski definition) is 3. The third kappa shape index (κ3) is 1.96. The molecule has 1 saturated heterocycles. The summed E-state index contributed by atoms with van der Waals surface area (Å²) in [5, 5.41) is 2.39. The van der Waals surface area contributed by atoms with E-state index in [0.717, 1.165) is 29.5 Å². The Morgan fingerprint density at radius 2 is 1.88 bits per heavy atom. The Kier molecular flexibility index (Phi) is 3.00. The van der Waals surface area contributed by atoms with Crippen LogP contribution in [0.5, 0.6) is 0 Å². The molecule has 0 bridgehead atoms. The molecule has 1 saturated carbocycles. The number of carbonyl (C=O) groups excluding carboxylic acids is 3. The molecule has 1 spiro atoms. The van der Waals surface area contributed by atoms with Crippen LogP contribution < -0.4 is 5.32 Å². The van der Waals surface area contributed by atoms with Crippen molar-refractivity contribution in [1.82, 2.24) is 10.2 Å². The van der Waals surface area contributed by atoms with E-state index in [9.17, 15) is 14.4 Å². The molecule has 1 aromatic rings. The quantitative estimate of drug-likeness (QED) is 0.805. The van der Waals surface area contributed by atoms with Crippen molar-refractivity contribution in [1.29, 1.82) is 0 Å². The summed E-state index contributed by atoms with van der Waals surface area (Å²) in [7, 11) is 0. The highest BCUT2D eigenvalue weighted by atomic mass is 16.2. The minimum Gasteiger partial charge on any atom is -0.317 e. The number of piperidine rings is 1. The first-order chi connectivity index (χ1) is 11.3. The Morgan fingerprint density at radius 1 is 1.17 bits per heavy atom. The van der Waals surface area contributed by atoms with Crippen molar-refractivity contribution < 1.29 is 14.4 Å². The number of benzene rings is 1. The zero-order valence-electron chi connectivity index (χ0n) is 14.3. The van der Waals surface area contributed by atoms with Crippen molar-refractivity contribution in [2.45, 2.75) is 63.5 Å². The number of amides is 3. The molecule has 5 nitrogen and oxygen atoms in total. The fourth-order valence-corrected chi connectivity index (χ4v) is 4.24. The van der Waals surface area contributed by atoms with Crippen LogP contribution in [0.15, 0.2) is 18.2 Å². The van der Waals surface area contributed by atoms with Gasteiger partial charge in [-0.1, -0.05) is 39.0 Å². The highest BCUT2D eigenvalue weighted by Gasteiger charge is 2.61. The Bertz CT molecular complexity index is 771. The molecule has 1 atom stereocenters. The second-order valence-electron chi connectivity index (χ2n) is 8.15. The topological polar surface area (TPSA) is 66.5 Å². The summed E-state index contributed by atoms with van der Waals surface area (Å²) in [6.07, 6.45) is 2.48. The van der Waals surface area contributed by atoms with Crippen LogP contribution in [0.1, 0.15) is 67.9 Å². The van der Waals surface area contributed by atoms with Gasteiger partial charge in [-0.05, 0) is 35.8 Å². The van der Waals surface area contributed by atoms with Crippen molar-refractivity contribution in [2.24, 2.45) is 0 Å². The molecule has 24 heavy (non-hydrogen) atoms. The molecule has 1 unspecified atom stereocenters. The van der Waals surface area contributed by atoms with Gasteiger partial charge >= 0.3 is 0 Å². The van der Waals surface area contributed by atoms with Gasteiger partial charge in [-0.3, -0.25) is 19.7 Å². The lowest BCUT2D eigenvalue weighted by Crippen LogP contribution is -2.55. The lowest BCUT2D eigenvalue weighted by molar-refractivity contribution is -0.137. The largest absolute Gasteiger partial charge is 0.317 e. The first kappa shape index (κ1) is 15.4. The van der Waals surface area contributed by atoms with Gasteiger partial charge in [-0.2, -0.15) is 0 Å². The zero-order valence-corrected chi connectivity index (χ0v) is 14.3. The van der Waals surface area contributed by atoms with Crippen molar-refractivity contribution in [3.63, 3.8) is 0 Å². The predicted molar refractivity (Wildman–Crippen MR) is 88.4 cm³/mol. The Labute approximate surface area is 141 Å². The van der Waals surface area contributed by atoms with E-state index in [-0.39, 0.29) is 28.7 Å². The summed E-state index contributed by atoms with van der Waals surface area (Å²) in [6, 6.07) is 5.51. The van der Waals surface area contributed by atoms with Gasteiger partial charge in [-0.15, -0.1) is 0 Å². The van der Waals surface area contributed by atoms with Gasteiger partial charge in [0.1, 0.15) is 6.04 Å². The van der Waals surface area contributed by atoms with E-state index < -0.39 is 6.04 Å². The molecular weight excluding hydrogens is 304 g/mol. The fraction of sp³-hybridized carbons (Fsp3) is 0.526. The van der Waals surface area contributed by atoms with E-state index >= 15 is 0 Å². The van der Waals surface area contributed by atoms with Crippen molar-refractivity contribution in [3.8, 4) is 0 Å². The molecular formula is C19H22N2O3. The van der Waals surface area contributed by atoms with Crippen molar-refractivity contribution >= 4 is 17.7 Å². The Morgan fingerprint density at radius 3 is 2.46 bits per heavy atom. The second kappa shape index (κ2) is 4.68. The van der Waals surface area contributed by atoms with Crippen LogP contribution in [0.4, 0.5) is 0 Å². The molecule has 2 fully saturated rings. The zero-order chi connectivity index (χ0) is 17.3. The van der Waals surface area contributed by atoms with E-state index in [1.54, 1.807) is 4.90 Å². The predicted octanol–water partition coefficient (Wildman–Crippen LogP) is 2.23. The number of carbonyl (C=O) groups is 3. The van der Waals surface area contributed by atoms with Gasteiger partial charge < -0.3 is 4.90 Å². The fourth-order valence-electron chi connectivity index (χ4n) is 4.24. The van der Waals surface area contributed by atoms with Gasteiger partial charge in [0.25, 0.3) is 5.91 Å². The first-order valence-electron chi connectivity index (χ1n) is 8.57. The molecule has 2 heterocycles. The normalized spacial score (nSPS) is 25.0.